The lowest BCUT2D eigenvalue weighted by Gasteiger charge is -2.30. The van der Waals surface area contributed by atoms with Crippen molar-refractivity contribution in [3.63, 3.8) is 0 Å². The van der Waals surface area contributed by atoms with E-state index in [1.807, 2.05) is 0 Å². The lowest BCUT2D eigenvalue weighted by atomic mass is 9.84. The Bertz CT molecular complexity index is 529. The molecule has 0 aliphatic rings. The Hall–Kier alpha value is -0.160. The van der Waals surface area contributed by atoms with Gasteiger partial charge in [-0.1, -0.05) is 47.5 Å². The minimum Gasteiger partial charge on any atom is -0.376 e. The monoisotopic (exact) mass is 528 g/mol. The molecule has 0 fully saturated rings. The molecule has 0 aromatic heterocycles. The summed E-state index contributed by atoms with van der Waals surface area (Å²) in [6.45, 7) is 35.0. The van der Waals surface area contributed by atoms with Gasteiger partial charge in [-0.25, -0.2) is 0 Å². The molecule has 0 radical (unpaired) electrons. The third-order valence-corrected chi connectivity index (χ3v) is 7.54. The van der Waals surface area contributed by atoms with Gasteiger partial charge in [-0.15, -0.1) is 0 Å². The van der Waals surface area contributed by atoms with Crippen LogP contribution in [0.5, 0.6) is 0 Å². The quantitative estimate of drug-likeness (QED) is 0.139. The molecule has 0 aromatic rings. The van der Waals surface area contributed by atoms with Gasteiger partial charge >= 0.3 is 0 Å². The average molecular weight is 528 g/mol. The fraction of sp³-hybridized carbons (Fsp3) is 1.00. The maximum atomic E-state index is 6.20. The number of hydrogen-bond acceptors (Lipinski definition) is 4. The van der Waals surface area contributed by atoms with Crippen molar-refractivity contribution in [3.05, 3.63) is 0 Å². The highest BCUT2D eigenvalue weighted by Crippen LogP contribution is 2.29. The summed E-state index contributed by atoms with van der Waals surface area (Å²) in [5.74, 6) is 0. The van der Waals surface area contributed by atoms with Crippen molar-refractivity contribution in [2.24, 2.45) is 10.8 Å². The van der Waals surface area contributed by atoms with Crippen molar-refractivity contribution >= 4 is 0 Å². The molecule has 0 atom stereocenters. The van der Waals surface area contributed by atoms with Crippen molar-refractivity contribution in [2.75, 3.05) is 39.5 Å². The van der Waals surface area contributed by atoms with Crippen LogP contribution >= 0.6 is 0 Å². The molecule has 4 heteroatoms. The lowest BCUT2D eigenvalue weighted by Crippen LogP contribution is -2.33. The molecule has 0 bridgehead atoms. The molecule has 0 saturated heterocycles. The van der Waals surface area contributed by atoms with Crippen molar-refractivity contribution in [2.45, 2.75) is 165 Å². The van der Waals surface area contributed by atoms with Crippen molar-refractivity contribution in [1.82, 2.24) is 4.90 Å². The second-order valence-electron chi connectivity index (χ2n) is 15.5. The highest BCUT2D eigenvalue weighted by atomic mass is 16.5. The van der Waals surface area contributed by atoms with Crippen LogP contribution in [-0.2, 0) is 14.2 Å². The molecule has 0 rings (SSSR count). The van der Waals surface area contributed by atoms with Crippen LogP contribution in [-0.4, -0.2) is 61.2 Å². The number of hydrogen-bond donors (Lipinski definition) is 0. The summed E-state index contributed by atoms with van der Waals surface area (Å²) in [4.78, 5) is 2.65. The molecular weight excluding hydrogens is 458 g/mol. The van der Waals surface area contributed by atoms with Crippen LogP contribution in [0.1, 0.15) is 148 Å². The molecule has 0 aliphatic heterocycles. The second-order valence-corrected chi connectivity index (χ2v) is 15.5. The standard InChI is InChI=1S/C33H69NO3/c1-14-33(12,13)37-28-25-34(23-17-15-19-31(8,9)21-26-35-29(2,3)4)24-18-16-20-32(10,11)22-27-36-30(5,6)7/h14-28H2,1-13H3. The van der Waals surface area contributed by atoms with E-state index in [9.17, 15) is 0 Å². The zero-order chi connectivity index (χ0) is 28.8. The average Bonchev–Trinajstić information content (AvgIpc) is 2.71. The van der Waals surface area contributed by atoms with E-state index in [-0.39, 0.29) is 16.8 Å². The minimum absolute atomic E-state index is 0.0238. The lowest BCUT2D eigenvalue weighted by molar-refractivity contribution is -0.0293. The first-order valence-electron chi connectivity index (χ1n) is 15.4. The maximum Gasteiger partial charge on any atom is 0.0624 e. The first kappa shape index (κ1) is 36.8. The number of rotatable bonds is 21. The highest BCUT2D eigenvalue weighted by Gasteiger charge is 2.21. The van der Waals surface area contributed by atoms with Crippen LogP contribution in [0.2, 0.25) is 0 Å². The van der Waals surface area contributed by atoms with Gasteiger partial charge in [0.25, 0.3) is 0 Å². The van der Waals surface area contributed by atoms with Crippen LogP contribution in [0.25, 0.3) is 0 Å². The number of ether oxygens (including phenoxy) is 3. The molecule has 4 nitrogen and oxygen atoms in total. The molecule has 0 unspecified atom stereocenters. The zero-order valence-electron chi connectivity index (χ0n) is 27.8. The fourth-order valence-corrected chi connectivity index (χ4v) is 4.28. The summed E-state index contributed by atoms with van der Waals surface area (Å²) in [6.07, 6.45) is 10.9. The zero-order valence-corrected chi connectivity index (χ0v) is 27.8. The van der Waals surface area contributed by atoms with E-state index in [0.29, 0.717) is 10.8 Å². The van der Waals surface area contributed by atoms with Crippen molar-refractivity contribution in [3.8, 4) is 0 Å². The van der Waals surface area contributed by atoms with Crippen molar-refractivity contribution in [1.29, 1.82) is 0 Å². The largest absolute Gasteiger partial charge is 0.376 e. The van der Waals surface area contributed by atoms with Gasteiger partial charge in [-0.05, 0) is 124 Å². The molecule has 224 valence electrons. The molecular formula is C33H69NO3. The molecule has 0 aliphatic carbocycles. The van der Waals surface area contributed by atoms with E-state index in [1.54, 1.807) is 0 Å². The molecule has 37 heavy (non-hydrogen) atoms. The van der Waals surface area contributed by atoms with E-state index in [2.05, 4.69) is 94.9 Å². The molecule has 0 amide bonds. The molecule has 0 heterocycles. The summed E-state index contributed by atoms with van der Waals surface area (Å²) < 4.78 is 18.2. The SMILES string of the molecule is CCC(C)(C)OCCN(CCCCC(C)(C)CCOC(C)(C)C)CCCCC(C)(C)CCOC(C)(C)C. The van der Waals surface area contributed by atoms with E-state index in [1.165, 1.54) is 51.6 Å². The fourth-order valence-electron chi connectivity index (χ4n) is 4.28. The van der Waals surface area contributed by atoms with Crippen molar-refractivity contribution < 1.29 is 14.2 Å². The van der Waals surface area contributed by atoms with Crippen LogP contribution in [0, 0.1) is 10.8 Å². The van der Waals surface area contributed by atoms with E-state index in [0.717, 1.165) is 45.6 Å². The summed E-state index contributed by atoms with van der Waals surface area (Å²) in [7, 11) is 0. The molecule has 0 aromatic carbocycles. The van der Waals surface area contributed by atoms with Gasteiger partial charge < -0.3 is 19.1 Å². The topological polar surface area (TPSA) is 30.9 Å². The number of nitrogens with zero attached hydrogens (tertiary/aromatic N) is 1. The highest BCUT2D eigenvalue weighted by molar-refractivity contribution is 4.73. The van der Waals surface area contributed by atoms with Crippen LogP contribution < -0.4 is 0 Å². The first-order chi connectivity index (χ1) is 16.8. The minimum atomic E-state index is -0.0413. The number of unbranched alkanes of at least 4 members (excludes halogenated alkanes) is 2. The van der Waals surface area contributed by atoms with E-state index in [4.69, 9.17) is 14.2 Å². The van der Waals surface area contributed by atoms with Gasteiger partial charge in [0.1, 0.15) is 0 Å². The van der Waals surface area contributed by atoms with Gasteiger partial charge in [0.15, 0.2) is 0 Å². The van der Waals surface area contributed by atoms with Gasteiger partial charge in [0.05, 0.1) is 23.4 Å². The van der Waals surface area contributed by atoms with Gasteiger partial charge in [0, 0.05) is 19.8 Å². The first-order valence-corrected chi connectivity index (χ1v) is 15.4. The normalized spacial score (nSPS) is 14.1. The third-order valence-electron chi connectivity index (χ3n) is 7.54. The van der Waals surface area contributed by atoms with Gasteiger partial charge in [-0.3, -0.25) is 0 Å². The Morgan fingerprint density at radius 3 is 1.22 bits per heavy atom. The summed E-state index contributed by atoms with van der Waals surface area (Å²) >= 11 is 0. The van der Waals surface area contributed by atoms with E-state index < -0.39 is 0 Å². The predicted octanol–water partition coefficient (Wildman–Crippen LogP) is 9.30. The van der Waals surface area contributed by atoms with Crippen LogP contribution in [0.15, 0.2) is 0 Å². The Morgan fingerprint density at radius 2 is 0.865 bits per heavy atom. The molecule has 0 N–H and O–H groups in total. The van der Waals surface area contributed by atoms with Gasteiger partial charge in [-0.2, -0.15) is 0 Å². The van der Waals surface area contributed by atoms with Crippen LogP contribution in [0.4, 0.5) is 0 Å². The maximum absolute atomic E-state index is 6.20. The summed E-state index contributed by atoms with van der Waals surface area (Å²) in [5, 5.41) is 0. The summed E-state index contributed by atoms with van der Waals surface area (Å²) in [5.41, 5.74) is 0.573. The Balaban J connectivity index is 4.54. The van der Waals surface area contributed by atoms with Crippen LogP contribution in [0.3, 0.4) is 0 Å². The Morgan fingerprint density at radius 1 is 0.459 bits per heavy atom. The molecule has 0 spiro atoms. The molecule has 0 saturated carbocycles. The smallest absolute Gasteiger partial charge is 0.0624 e. The second kappa shape index (κ2) is 16.8. The third kappa shape index (κ3) is 23.4. The predicted molar refractivity (Wildman–Crippen MR) is 163 cm³/mol. The van der Waals surface area contributed by atoms with E-state index >= 15 is 0 Å². The Labute approximate surface area is 234 Å². The van der Waals surface area contributed by atoms with Gasteiger partial charge in [0.2, 0.25) is 0 Å². The Kier molecular flexibility index (Phi) is 16.8. The summed E-state index contributed by atoms with van der Waals surface area (Å²) in [6, 6.07) is 0.